The van der Waals surface area contributed by atoms with Crippen LogP contribution >= 0.6 is 11.8 Å². The van der Waals surface area contributed by atoms with Crippen molar-refractivity contribution in [2.24, 2.45) is 11.8 Å². The van der Waals surface area contributed by atoms with Crippen LogP contribution in [0.2, 0.25) is 0 Å². The van der Waals surface area contributed by atoms with Crippen LogP contribution in [0.4, 0.5) is 0 Å². The van der Waals surface area contributed by atoms with Crippen LogP contribution in [0.1, 0.15) is 24.8 Å². The molecule has 5 heteroatoms. The molecule has 21 heavy (non-hydrogen) atoms. The standard InChI is InChI=1S/C16H21NO3S/c1-17(10-11-6-8-12(21-2)9-7-11)15(18)13-4-3-5-14(13)16(19)20/h6-9,13-14H,3-5,10H2,1-2H3,(H,19,20)/t13-,14+/m1/s1. The second-order valence-electron chi connectivity index (χ2n) is 5.52. The van der Waals surface area contributed by atoms with Crippen molar-refractivity contribution in [3.63, 3.8) is 0 Å². The molecule has 1 fully saturated rings. The van der Waals surface area contributed by atoms with E-state index in [1.165, 1.54) is 4.90 Å². The lowest BCUT2D eigenvalue weighted by Gasteiger charge is -2.23. The summed E-state index contributed by atoms with van der Waals surface area (Å²) in [6, 6.07) is 8.10. The molecule has 2 atom stereocenters. The van der Waals surface area contributed by atoms with Gasteiger partial charge in [0.15, 0.2) is 0 Å². The van der Waals surface area contributed by atoms with Crippen molar-refractivity contribution >= 4 is 23.6 Å². The Morgan fingerprint density at radius 1 is 1.24 bits per heavy atom. The van der Waals surface area contributed by atoms with E-state index in [2.05, 4.69) is 0 Å². The molecule has 0 saturated heterocycles. The molecule has 4 nitrogen and oxygen atoms in total. The maximum Gasteiger partial charge on any atom is 0.307 e. The lowest BCUT2D eigenvalue weighted by Crippen LogP contribution is -2.36. The second-order valence-corrected chi connectivity index (χ2v) is 6.40. The van der Waals surface area contributed by atoms with Crippen molar-refractivity contribution in [1.82, 2.24) is 4.90 Å². The maximum atomic E-state index is 12.4. The number of hydrogen-bond acceptors (Lipinski definition) is 3. The molecule has 1 amide bonds. The van der Waals surface area contributed by atoms with Gasteiger partial charge in [-0.3, -0.25) is 9.59 Å². The van der Waals surface area contributed by atoms with Crippen molar-refractivity contribution in [3.8, 4) is 0 Å². The van der Waals surface area contributed by atoms with E-state index in [-0.39, 0.29) is 11.8 Å². The van der Waals surface area contributed by atoms with E-state index in [9.17, 15) is 14.7 Å². The summed E-state index contributed by atoms with van der Waals surface area (Å²) in [5, 5.41) is 9.19. The van der Waals surface area contributed by atoms with Gasteiger partial charge >= 0.3 is 5.97 Å². The Balaban J connectivity index is 2.00. The SMILES string of the molecule is CSc1ccc(CN(C)C(=O)[C@@H]2CCC[C@@H]2C(=O)O)cc1. The summed E-state index contributed by atoms with van der Waals surface area (Å²) < 4.78 is 0. The van der Waals surface area contributed by atoms with Crippen LogP contribution in [0.3, 0.4) is 0 Å². The number of amides is 1. The van der Waals surface area contributed by atoms with Gasteiger partial charge in [-0.2, -0.15) is 0 Å². The zero-order valence-corrected chi connectivity index (χ0v) is 13.2. The van der Waals surface area contributed by atoms with E-state index in [1.54, 1.807) is 23.7 Å². The topological polar surface area (TPSA) is 57.6 Å². The van der Waals surface area contributed by atoms with Gasteiger partial charge in [-0.25, -0.2) is 0 Å². The first-order valence-electron chi connectivity index (χ1n) is 7.13. The van der Waals surface area contributed by atoms with E-state index in [4.69, 9.17) is 0 Å². The molecule has 1 aliphatic rings. The summed E-state index contributed by atoms with van der Waals surface area (Å²) in [4.78, 5) is 26.5. The van der Waals surface area contributed by atoms with Crippen LogP contribution < -0.4 is 0 Å². The normalized spacial score (nSPS) is 21.2. The second kappa shape index (κ2) is 6.98. The van der Waals surface area contributed by atoms with Crippen molar-refractivity contribution in [1.29, 1.82) is 0 Å². The Labute approximate surface area is 129 Å². The summed E-state index contributed by atoms with van der Waals surface area (Å²) in [5.74, 6) is -1.77. The first kappa shape index (κ1) is 15.9. The molecule has 0 heterocycles. The first-order chi connectivity index (χ1) is 10.0. The third-order valence-corrected chi connectivity index (χ3v) is 4.85. The maximum absolute atomic E-state index is 12.4. The Morgan fingerprint density at radius 2 is 1.86 bits per heavy atom. The highest BCUT2D eigenvalue weighted by atomic mass is 32.2. The minimum atomic E-state index is -0.844. The van der Waals surface area contributed by atoms with Crippen LogP contribution in [0.25, 0.3) is 0 Å². The van der Waals surface area contributed by atoms with Crippen LogP contribution in [0, 0.1) is 11.8 Å². The highest BCUT2D eigenvalue weighted by Crippen LogP contribution is 2.33. The molecule has 1 aromatic rings. The molecule has 1 aliphatic carbocycles. The fourth-order valence-corrected chi connectivity index (χ4v) is 3.33. The molecule has 0 radical (unpaired) electrons. The number of thioether (sulfide) groups is 1. The number of carbonyl (C=O) groups is 2. The van der Waals surface area contributed by atoms with Crippen molar-refractivity contribution in [2.75, 3.05) is 13.3 Å². The number of aliphatic carboxylic acids is 1. The van der Waals surface area contributed by atoms with E-state index in [1.807, 2.05) is 30.5 Å². The fourth-order valence-electron chi connectivity index (χ4n) is 2.92. The minimum Gasteiger partial charge on any atom is -0.481 e. The molecule has 2 rings (SSSR count). The smallest absolute Gasteiger partial charge is 0.307 e. The minimum absolute atomic E-state index is 0.0474. The predicted octanol–water partition coefficient (Wildman–Crippen LogP) is 2.87. The number of benzene rings is 1. The van der Waals surface area contributed by atoms with Gasteiger partial charge in [0.25, 0.3) is 0 Å². The summed E-state index contributed by atoms with van der Waals surface area (Å²) >= 11 is 1.68. The lowest BCUT2D eigenvalue weighted by atomic mass is 9.95. The first-order valence-corrected chi connectivity index (χ1v) is 8.36. The van der Waals surface area contributed by atoms with Gasteiger partial charge in [0, 0.05) is 18.5 Å². The van der Waals surface area contributed by atoms with Crippen LogP contribution in [0.15, 0.2) is 29.2 Å². The quantitative estimate of drug-likeness (QED) is 0.850. The van der Waals surface area contributed by atoms with Gasteiger partial charge in [0.2, 0.25) is 5.91 Å². The van der Waals surface area contributed by atoms with Gasteiger partial charge in [-0.05, 0) is 36.8 Å². The largest absolute Gasteiger partial charge is 0.481 e. The number of carboxylic acid groups (broad SMARTS) is 1. The summed E-state index contributed by atoms with van der Waals surface area (Å²) in [6.07, 6.45) is 4.15. The van der Waals surface area contributed by atoms with Gasteiger partial charge in [0.05, 0.1) is 11.8 Å². The van der Waals surface area contributed by atoms with Gasteiger partial charge in [-0.1, -0.05) is 18.6 Å². The molecule has 0 spiro atoms. The zero-order chi connectivity index (χ0) is 15.4. The molecular formula is C16H21NO3S. The zero-order valence-electron chi connectivity index (χ0n) is 12.4. The number of hydrogen-bond donors (Lipinski definition) is 1. The van der Waals surface area contributed by atoms with Gasteiger partial charge < -0.3 is 10.0 Å². The van der Waals surface area contributed by atoms with Crippen molar-refractivity contribution in [2.45, 2.75) is 30.7 Å². The lowest BCUT2D eigenvalue weighted by molar-refractivity contribution is -0.148. The van der Waals surface area contributed by atoms with E-state index in [0.717, 1.165) is 12.0 Å². The number of nitrogens with zero attached hydrogens (tertiary/aromatic N) is 1. The molecule has 1 saturated carbocycles. The third-order valence-electron chi connectivity index (χ3n) is 4.11. The summed E-state index contributed by atoms with van der Waals surface area (Å²) in [6.45, 7) is 0.524. The summed E-state index contributed by atoms with van der Waals surface area (Å²) in [5.41, 5.74) is 1.06. The number of carbonyl (C=O) groups excluding carboxylic acids is 1. The van der Waals surface area contributed by atoms with Crippen LogP contribution in [0.5, 0.6) is 0 Å². The molecule has 1 aromatic carbocycles. The molecule has 0 unspecified atom stereocenters. The molecule has 0 aliphatic heterocycles. The van der Waals surface area contributed by atoms with E-state index < -0.39 is 11.9 Å². The Kier molecular flexibility index (Phi) is 5.28. The van der Waals surface area contributed by atoms with Gasteiger partial charge in [-0.15, -0.1) is 11.8 Å². The molecular weight excluding hydrogens is 286 g/mol. The van der Waals surface area contributed by atoms with Gasteiger partial charge in [0.1, 0.15) is 0 Å². The summed E-state index contributed by atoms with van der Waals surface area (Å²) in [7, 11) is 1.75. The number of carboxylic acids is 1. The van der Waals surface area contributed by atoms with E-state index in [0.29, 0.717) is 19.4 Å². The average molecular weight is 307 g/mol. The van der Waals surface area contributed by atoms with Crippen molar-refractivity contribution < 1.29 is 14.7 Å². The van der Waals surface area contributed by atoms with Crippen LogP contribution in [-0.2, 0) is 16.1 Å². The monoisotopic (exact) mass is 307 g/mol. The highest BCUT2D eigenvalue weighted by molar-refractivity contribution is 7.98. The predicted molar refractivity (Wildman–Crippen MR) is 83.2 cm³/mol. The Bertz CT molecular complexity index is 515. The Morgan fingerprint density at radius 3 is 2.43 bits per heavy atom. The van der Waals surface area contributed by atoms with Crippen molar-refractivity contribution in [3.05, 3.63) is 29.8 Å². The Hall–Kier alpha value is -1.49. The van der Waals surface area contributed by atoms with E-state index >= 15 is 0 Å². The average Bonchev–Trinajstić information content (AvgIpc) is 2.96. The molecule has 114 valence electrons. The van der Waals surface area contributed by atoms with Crippen LogP contribution in [-0.4, -0.2) is 35.2 Å². The highest BCUT2D eigenvalue weighted by Gasteiger charge is 2.38. The fraction of sp³-hybridized carbons (Fsp3) is 0.500. The number of rotatable bonds is 5. The molecule has 1 N–H and O–H groups in total. The molecule has 0 bridgehead atoms. The molecule has 0 aromatic heterocycles. The third kappa shape index (κ3) is 3.79.